The maximum absolute atomic E-state index is 14.6. The van der Waals surface area contributed by atoms with Crippen molar-refractivity contribution in [1.82, 2.24) is 5.32 Å². The van der Waals surface area contributed by atoms with E-state index in [2.05, 4.69) is 5.32 Å². The summed E-state index contributed by atoms with van der Waals surface area (Å²) in [5, 5.41) is 3.18. The number of halogens is 2. The van der Waals surface area contributed by atoms with E-state index in [4.69, 9.17) is 21.7 Å². The number of rotatable bonds is 6. The van der Waals surface area contributed by atoms with Gasteiger partial charge in [-0.2, -0.15) is 0 Å². The Hall–Kier alpha value is -2.84. The summed E-state index contributed by atoms with van der Waals surface area (Å²) in [4.78, 5) is 14.7. The zero-order valence-corrected chi connectivity index (χ0v) is 18.6. The molecule has 0 aliphatic carbocycles. The summed E-state index contributed by atoms with van der Waals surface area (Å²) in [7, 11) is 1.48. The molecular weight excluding hydrogens is 422 g/mol. The topological polar surface area (TPSA) is 50.8 Å². The molecule has 2 aromatic rings. The lowest BCUT2D eigenvalue weighted by atomic mass is 9.93. The van der Waals surface area contributed by atoms with Crippen molar-refractivity contribution in [2.24, 2.45) is 0 Å². The normalized spacial score (nSPS) is 16.4. The first-order chi connectivity index (χ1) is 14.8. The number of benzene rings is 2. The Kier molecular flexibility index (Phi) is 7.02. The third kappa shape index (κ3) is 4.60. The van der Waals surface area contributed by atoms with E-state index in [-0.39, 0.29) is 29.5 Å². The molecule has 1 aliphatic heterocycles. The minimum Gasteiger partial charge on any atom is -0.460 e. The molecule has 8 heteroatoms. The molecule has 1 heterocycles. The van der Waals surface area contributed by atoms with Crippen molar-refractivity contribution in [1.29, 1.82) is 0 Å². The van der Waals surface area contributed by atoms with Crippen LogP contribution in [-0.4, -0.2) is 31.4 Å². The van der Waals surface area contributed by atoms with Crippen LogP contribution in [0.15, 0.2) is 47.7 Å². The van der Waals surface area contributed by atoms with Crippen LogP contribution in [0.5, 0.6) is 0 Å². The monoisotopic (exact) mass is 446 g/mol. The summed E-state index contributed by atoms with van der Waals surface area (Å²) >= 11 is 5.56. The standard InChI is InChI=1S/C23H24F2N2O3S/c1-13-8-9-14(2)18(12-13)27-15(3)19(22(28)30-11-10-29-4)21(26-23(27)31)20-16(24)6-5-7-17(20)25/h5-9,12,21H,10-11H2,1-4H3,(H,26,31). The summed E-state index contributed by atoms with van der Waals surface area (Å²) in [6.07, 6.45) is 0. The summed E-state index contributed by atoms with van der Waals surface area (Å²) in [6.45, 7) is 5.76. The van der Waals surface area contributed by atoms with E-state index in [9.17, 15) is 13.6 Å². The van der Waals surface area contributed by atoms with E-state index in [1.165, 1.54) is 13.2 Å². The Morgan fingerprint density at radius 3 is 2.45 bits per heavy atom. The molecule has 2 aromatic carbocycles. The molecule has 5 nitrogen and oxygen atoms in total. The van der Waals surface area contributed by atoms with Crippen LogP contribution >= 0.6 is 12.2 Å². The highest BCUT2D eigenvalue weighted by Gasteiger charge is 2.38. The first-order valence-electron chi connectivity index (χ1n) is 9.74. The van der Waals surface area contributed by atoms with E-state index >= 15 is 0 Å². The first kappa shape index (κ1) is 22.8. The van der Waals surface area contributed by atoms with Gasteiger partial charge in [0.25, 0.3) is 0 Å². The molecule has 0 radical (unpaired) electrons. The maximum atomic E-state index is 14.6. The first-order valence-corrected chi connectivity index (χ1v) is 10.2. The van der Waals surface area contributed by atoms with Crippen molar-refractivity contribution in [2.75, 3.05) is 25.2 Å². The zero-order chi connectivity index (χ0) is 22.7. The number of nitrogens with one attached hydrogen (secondary N) is 1. The molecule has 0 saturated heterocycles. The van der Waals surface area contributed by atoms with Crippen LogP contribution < -0.4 is 10.2 Å². The molecule has 0 fully saturated rings. The largest absolute Gasteiger partial charge is 0.460 e. The number of nitrogens with zero attached hydrogens (tertiary/aromatic N) is 1. The number of anilines is 1. The van der Waals surface area contributed by atoms with E-state index in [0.717, 1.165) is 28.9 Å². The second-order valence-corrected chi connectivity index (χ2v) is 7.66. The zero-order valence-electron chi connectivity index (χ0n) is 17.8. The van der Waals surface area contributed by atoms with Gasteiger partial charge in [0.05, 0.1) is 29.5 Å². The van der Waals surface area contributed by atoms with Crippen molar-refractivity contribution >= 4 is 29.0 Å². The molecule has 0 saturated carbocycles. The van der Waals surface area contributed by atoms with Gasteiger partial charge in [-0.05, 0) is 62.3 Å². The number of methoxy groups -OCH3 is 1. The van der Waals surface area contributed by atoms with E-state index in [1.54, 1.807) is 11.8 Å². The third-order valence-electron chi connectivity index (χ3n) is 5.12. The molecule has 164 valence electrons. The van der Waals surface area contributed by atoms with Crippen molar-refractivity contribution < 1.29 is 23.0 Å². The van der Waals surface area contributed by atoms with Crippen LogP contribution in [0.25, 0.3) is 0 Å². The van der Waals surface area contributed by atoms with Crippen LogP contribution in [0.3, 0.4) is 0 Å². The van der Waals surface area contributed by atoms with Crippen LogP contribution in [0.2, 0.25) is 0 Å². The number of hydrogen-bond acceptors (Lipinski definition) is 4. The highest BCUT2D eigenvalue weighted by atomic mass is 32.1. The lowest BCUT2D eigenvalue weighted by Gasteiger charge is -2.38. The average molecular weight is 447 g/mol. The number of carbonyl (C=O) groups is 1. The fourth-order valence-electron chi connectivity index (χ4n) is 3.56. The Bertz CT molecular complexity index is 1030. The van der Waals surface area contributed by atoms with E-state index in [0.29, 0.717) is 5.70 Å². The van der Waals surface area contributed by atoms with Gasteiger partial charge in [-0.1, -0.05) is 18.2 Å². The Labute approximate surface area is 185 Å². The van der Waals surface area contributed by atoms with Gasteiger partial charge in [-0.25, -0.2) is 13.6 Å². The highest BCUT2D eigenvalue weighted by molar-refractivity contribution is 7.80. The summed E-state index contributed by atoms with van der Waals surface area (Å²) in [6, 6.07) is 8.27. The summed E-state index contributed by atoms with van der Waals surface area (Å²) in [5.74, 6) is -2.27. The van der Waals surface area contributed by atoms with Crippen LogP contribution in [0, 0.1) is 25.5 Å². The van der Waals surface area contributed by atoms with Gasteiger partial charge in [0, 0.05) is 12.8 Å². The van der Waals surface area contributed by atoms with E-state index in [1.807, 2.05) is 32.0 Å². The Morgan fingerprint density at radius 2 is 1.81 bits per heavy atom. The van der Waals surface area contributed by atoms with Crippen LogP contribution in [-0.2, 0) is 14.3 Å². The average Bonchev–Trinajstić information content (AvgIpc) is 2.70. The van der Waals surface area contributed by atoms with Gasteiger partial charge < -0.3 is 14.8 Å². The number of esters is 1. The van der Waals surface area contributed by atoms with Crippen molar-refractivity contribution in [3.05, 3.63) is 76.0 Å². The van der Waals surface area contributed by atoms with Crippen molar-refractivity contribution in [3.8, 4) is 0 Å². The number of allylic oxidation sites excluding steroid dienone is 1. The Morgan fingerprint density at radius 1 is 1.13 bits per heavy atom. The minimum atomic E-state index is -1.13. The molecule has 1 aliphatic rings. The lowest BCUT2D eigenvalue weighted by Crippen LogP contribution is -2.48. The highest BCUT2D eigenvalue weighted by Crippen LogP contribution is 2.37. The smallest absolute Gasteiger partial charge is 0.338 e. The fraction of sp³-hybridized carbons (Fsp3) is 0.304. The lowest BCUT2D eigenvalue weighted by molar-refractivity contribution is -0.140. The molecule has 1 atom stereocenters. The van der Waals surface area contributed by atoms with Crippen molar-refractivity contribution in [2.45, 2.75) is 26.8 Å². The molecular formula is C23H24F2N2O3S. The van der Waals surface area contributed by atoms with Crippen LogP contribution in [0.1, 0.15) is 29.7 Å². The second-order valence-electron chi connectivity index (χ2n) is 7.27. The molecule has 0 amide bonds. The molecule has 31 heavy (non-hydrogen) atoms. The van der Waals surface area contributed by atoms with Gasteiger partial charge in [-0.15, -0.1) is 0 Å². The molecule has 1 unspecified atom stereocenters. The summed E-state index contributed by atoms with van der Waals surface area (Å²) < 4.78 is 39.5. The molecule has 1 N–H and O–H groups in total. The fourth-order valence-corrected chi connectivity index (χ4v) is 3.91. The van der Waals surface area contributed by atoms with Gasteiger partial charge >= 0.3 is 5.97 Å². The molecule has 0 spiro atoms. The quantitative estimate of drug-likeness (QED) is 0.401. The van der Waals surface area contributed by atoms with Gasteiger partial charge in [-0.3, -0.25) is 4.90 Å². The molecule has 0 bridgehead atoms. The number of aryl methyl sites for hydroxylation is 2. The molecule has 3 rings (SSSR count). The predicted molar refractivity (Wildman–Crippen MR) is 119 cm³/mol. The SMILES string of the molecule is COCCOC(=O)C1=C(C)N(c2cc(C)ccc2C)C(=S)NC1c1c(F)cccc1F. The van der Waals surface area contributed by atoms with Crippen molar-refractivity contribution in [3.63, 3.8) is 0 Å². The number of thiocarbonyl (C=S) groups is 1. The van der Waals surface area contributed by atoms with Crippen LogP contribution in [0.4, 0.5) is 14.5 Å². The van der Waals surface area contributed by atoms with Gasteiger partial charge in [0.1, 0.15) is 18.2 Å². The van der Waals surface area contributed by atoms with Gasteiger partial charge in [0.2, 0.25) is 0 Å². The molecule has 0 aromatic heterocycles. The predicted octanol–water partition coefficient (Wildman–Crippen LogP) is 4.48. The third-order valence-corrected chi connectivity index (χ3v) is 5.42. The Balaban J connectivity index is 2.17. The van der Waals surface area contributed by atoms with E-state index < -0.39 is 23.6 Å². The van der Waals surface area contributed by atoms with Gasteiger partial charge in [0.15, 0.2) is 5.11 Å². The minimum absolute atomic E-state index is 0.00646. The maximum Gasteiger partial charge on any atom is 0.338 e. The second kappa shape index (κ2) is 9.53. The summed E-state index contributed by atoms with van der Waals surface area (Å²) in [5.41, 5.74) is 2.93. The number of carbonyl (C=O) groups excluding carboxylic acids is 1. The number of ether oxygens (including phenoxy) is 2. The number of hydrogen-bond donors (Lipinski definition) is 1.